The zero-order chi connectivity index (χ0) is 17.5. The summed E-state index contributed by atoms with van der Waals surface area (Å²) in [4.78, 5) is 4.15. The molecule has 0 bridgehead atoms. The van der Waals surface area contributed by atoms with Gasteiger partial charge in [0.1, 0.15) is 0 Å². The Kier molecular flexibility index (Phi) is 6.85. The summed E-state index contributed by atoms with van der Waals surface area (Å²) in [5, 5.41) is 2.11. The normalized spacial score (nSPS) is 12.2. The first-order valence-electron chi connectivity index (χ1n) is 8.26. The monoisotopic (exact) mass is 390 g/mol. The van der Waals surface area contributed by atoms with Crippen molar-refractivity contribution in [3.63, 3.8) is 0 Å². The molecule has 1 heterocycles. The van der Waals surface area contributed by atoms with Crippen LogP contribution in [0.15, 0.2) is 67.3 Å². The predicted octanol–water partition coefficient (Wildman–Crippen LogP) is 6.12. The minimum Gasteiger partial charge on any atom is -0.336 e. The third-order valence-corrected chi connectivity index (χ3v) is 6.03. The molecular weight excluding hydrogens is 371 g/mol. The number of nitrogens with zero attached hydrogens (tertiary/aromatic N) is 2. The van der Waals surface area contributed by atoms with Gasteiger partial charge in [-0.1, -0.05) is 53.5 Å². The Morgan fingerprint density at radius 2 is 1.84 bits per heavy atom. The van der Waals surface area contributed by atoms with Gasteiger partial charge < -0.3 is 4.57 Å². The standard InChI is InChI=1S/C20H20Cl2N2S/c21-18-8-5-16(6-9-18)7-10-19(13-24-12-11-23-15-24)25-14-17-3-1-2-4-20(17)22/h1-6,8-9,11-12,15,19H,7,10,13-14H2. The van der Waals surface area contributed by atoms with E-state index < -0.39 is 0 Å². The third-order valence-electron chi connectivity index (χ3n) is 4.07. The molecule has 1 atom stereocenters. The van der Waals surface area contributed by atoms with Crippen LogP contribution in [0.2, 0.25) is 10.0 Å². The van der Waals surface area contributed by atoms with Crippen LogP contribution in [0.4, 0.5) is 0 Å². The Morgan fingerprint density at radius 3 is 2.56 bits per heavy atom. The van der Waals surface area contributed by atoms with Crippen molar-refractivity contribution >= 4 is 35.0 Å². The number of aromatic nitrogens is 2. The summed E-state index contributed by atoms with van der Waals surface area (Å²) >= 11 is 14.2. The highest BCUT2D eigenvalue weighted by molar-refractivity contribution is 7.99. The second kappa shape index (κ2) is 9.33. The Bertz CT molecular complexity index is 773. The maximum absolute atomic E-state index is 6.30. The van der Waals surface area contributed by atoms with Crippen molar-refractivity contribution in [3.05, 3.63) is 88.4 Å². The van der Waals surface area contributed by atoms with Gasteiger partial charge in [-0.15, -0.1) is 0 Å². The van der Waals surface area contributed by atoms with Gasteiger partial charge in [0.25, 0.3) is 0 Å². The van der Waals surface area contributed by atoms with Crippen LogP contribution in [-0.4, -0.2) is 14.8 Å². The molecule has 5 heteroatoms. The van der Waals surface area contributed by atoms with E-state index in [2.05, 4.69) is 27.8 Å². The maximum Gasteiger partial charge on any atom is 0.0946 e. The maximum atomic E-state index is 6.30. The van der Waals surface area contributed by atoms with Crippen LogP contribution < -0.4 is 0 Å². The van der Waals surface area contributed by atoms with Crippen molar-refractivity contribution in [1.29, 1.82) is 0 Å². The second-order valence-electron chi connectivity index (χ2n) is 5.95. The van der Waals surface area contributed by atoms with E-state index in [1.54, 1.807) is 0 Å². The molecule has 0 saturated heterocycles. The van der Waals surface area contributed by atoms with E-state index in [0.29, 0.717) is 5.25 Å². The first-order chi connectivity index (χ1) is 12.2. The molecule has 1 aromatic heterocycles. The van der Waals surface area contributed by atoms with Gasteiger partial charge >= 0.3 is 0 Å². The first-order valence-corrected chi connectivity index (χ1v) is 10.1. The predicted molar refractivity (Wildman–Crippen MR) is 109 cm³/mol. The lowest BCUT2D eigenvalue weighted by Crippen LogP contribution is -2.13. The summed E-state index contributed by atoms with van der Waals surface area (Å²) in [5.41, 5.74) is 2.51. The molecule has 0 N–H and O–H groups in total. The van der Waals surface area contributed by atoms with Crippen molar-refractivity contribution in [2.75, 3.05) is 0 Å². The molecule has 25 heavy (non-hydrogen) atoms. The topological polar surface area (TPSA) is 17.8 Å². The van der Waals surface area contributed by atoms with Crippen LogP contribution in [-0.2, 0) is 18.7 Å². The van der Waals surface area contributed by atoms with Gasteiger partial charge in [-0.3, -0.25) is 0 Å². The molecule has 130 valence electrons. The largest absolute Gasteiger partial charge is 0.336 e. The second-order valence-corrected chi connectivity index (χ2v) is 8.08. The SMILES string of the molecule is Clc1ccc(CCC(Cn2ccnc2)SCc2ccccc2Cl)cc1. The van der Waals surface area contributed by atoms with Crippen molar-refractivity contribution in [2.45, 2.75) is 30.4 Å². The Balaban J connectivity index is 1.62. The summed E-state index contributed by atoms with van der Waals surface area (Å²) in [5.74, 6) is 0.916. The van der Waals surface area contributed by atoms with Gasteiger partial charge in [-0.05, 0) is 42.2 Å². The van der Waals surface area contributed by atoms with Gasteiger partial charge in [0.15, 0.2) is 0 Å². The molecule has 0 aliphatic heterocycles. The van der Waals surface area contributed by atoms with Crippen molar-refractivity contribution in [1.82, 2.24) is 9.55 Å². The van der Waals surface area contributed by atoms with E-state index in [1.807, 2.05) is 60.8 Å². The van der Waals surface area contributed by atoms with Gasteiger partial charge in [0.05, 0.1) is 6.33 Å². The van der Waals surface area contributed by atoms with Crippen molar-refractivity contribution in [3.8, 4) is 0 Å². The van der Waals surface area contributed by atoms with Crippen LogP contribution in [0.5, 0.6) is 0 Å². The average molecular weight is 391 g/mol. The molecule has 2 aromatic carbocycles. The molecule has 0 aliphatic rings. The van der Waals surface area contributed by atoms with Gasteiger partial charge in [-0.2, -0.15) is 11.8 Å². The van der Waals surface area contributed by atoms with Crippen molar-refractivity contribution in [2.24, 2.45) is 0 Å². The third kappa shape index (κ3) is 5.81. The van der Waals surface area contributed by atoms with E-state index >= 15 is 0 Å². The fourth-order valence-corrected chi connectivity index (χ4v) is 4.30. The number of thioether (sulfide) groups is 1. The van der Waals surface area contributed by atoms with E-state index in [-0.39, 0.29) is 0 Å². The summed E-state index contributed by atoms with van der Waals surface area (Å²) < 4.78 is 2.14. The number of halogens is 2. The molecule has 0 saturated carbocycles. The Hall–Kier alpha value is -1.42. The van der Waals surface area contributed by atoms with Gasteiger partial charge in [0, 0.05) is 40.0 Å². The zero-order valence-electron chi connectivity index (χ0n) is 13.8. The summed E-state index contributed by atoms with van der Waals surface area (Å²) in [6.45, 7) is 0.947. The highest BCUT2D eigenvalue weighted by Crippen LogP contribution is 2.27. The lowest BCUT2D eigenvalue weighted by atomic mass is 10.1. The number of hydrogen-bond acceptors (Lipinski definition) is 2. The molecule has 1 unspecified atom stereocenters. The molecular formula is C20H20Cl2N2S. The van der Waals surface area contributed by atoms with E-state index in [0.717, 1.165) is 35.2 Å². The zero-order valence-corrected chi connectivity index (χ0v) is 16.1. The molecule has 0 amide bonds. The first kappa shape index (κ1) is 18.4. The Morgan fingerprint density at radius 1 is 1.04 bits per heavy atom. The van der Waals surface area contributed by atoms with Crippen LogP contribution in [0.1, 0.15) is 17.5 Å². The molecule has 0 aliphatic carbocycles. The summed E-state index contributed by atoms with van der Waals surface area (Å²) in [6, 6.07) is 16.2. The molecule has 3 rings (SSSR count). The molecule has 3 aromatic rings. The summed E-state index contributed by atoms with van der Waals surface area (Å²) in [6.07, 6.45) is 7.85. The lowest BCUT2D eigenvalue weighted by molar-refractivity contribution is 0.624. The number of hydrogen-bond donors (Lipinski definition) is 0. The number of imidazole rings is 1. The number of rotatable bonds is 8. The van der Waals surface area contributed by atoms with Gasteiger partial charge in [-0.25, -0.2) is 4.98 Å². The minimum atomic E-state index is 0.487. The van der Waals surface area contributed by atoms with Crippen LogP contribution in [0.3, 0.4) is 0 Å². The fraction of sp³-hybridized carbons (Fsp3) is 0.250. The fourth-order valence-electron chi connectivity index (χ4n) is 2.66. The highest BCUT2D eigenvalue weighted by Gasteiger charge is 2.12. The smallest absolute Gasteiger partial charge is 0.0946 e. The molecule has 0 spiro atoms. The minimum absolute atomic E-state index is 0.487. The van der Waals surface area contributed by atoms with E-state index in [1.165, 1.54) is 11.1 Å². The van der Waals surface area contributed by atoms with Crippen LogP contribution >= 0.6 is 35.0 Å². The summed E-state index contributed by atoms with van der Waals surface area (Å²) in [7, 11) is 0. The molecule has 0 fully saturated rings. The quantitative estimate of drug-likeness (QED) is 0.460. The Labute approximate surface area is 163 Å². The van der Waals surface area contributed by atoms with Gasteiger partial charge in [0.2, 0.25) is 0 Å². The lowest BCUT2D eigenvalue weighted by Gasteiger charge is -2.18. The highest BCUT2D eigenvalue weighted by atomic mass is 35.5. The average Bonchev–Trinajstić information content (AvgIpc) is 3.13. The van der Waals surface area contributed by atoms with E-state index in [9.17, 15) is 0 Å². The van der Waals surface area contributed by atoms with Crippen molar-refractivity contribution < 1.29 is 0 Å². The number of benzene rings is 2. The molecule has 2 nitrogen and oxygen atoms in total. The van der Waals surface area contributed by atoms with E-state index in [4.69, 9.17) is 23.2 Å². The van der Waals surface area contributed by atoms with Crippen LogP contribution in [0.25, 0.3) is 0 Å². The molecule has 0 radical (unpaired) electrons. The van der Waals surface area contributed by atoms with Crippen LogP contribution in [0, 0.1) is 0 Å². The number of aryl methyl sites for hydroxylation is 1.